The molecule has 1 amide bonds. The SMILES string of the molecule is COC(=O)c1ccc(N/C=C(/C#N)C(=O)NCC2CCCO2)cc1. The first-order valence-electron chi connectivity index (χ1n) is 7.59. The van der Waals surface area contributed by atoms with Gasteiger partial charge < -0.3 is 20.1 Å². The zero-order chi connectivity index (χ0) is 17.4. The lowest BCUT2D eigenvalue weighted by molar-refractivity contribution is -0.117. The third kappa shape index (κ3) is 4.83. The number of benzene rings is 1. The number of methoxy groups -OCH3 is 1. The van der Waals surface area contributed by atoms with Crippen LogP contribution in [0.4, 0.5) is 5.69 Å². The van der Waals surface area contributed by atoms with Crippen LogP contribution in [0.25, 0.3) is 0 Å². The van der Waals surface area contributed by atoms with Crippen molar-refractivity contribution in [2.24, 2.45) is 0 Å². The Morgan fingerprint density at radius 3 is 2.75 bits per heavy atom. The van der Waals surface area contributed by atoms with Gasteiger partial charge in [0.2, 0.25) is 0 Å². The minimum atomic E-state index is -0.452. The van der Waals surface area contributed by atoms with Crippen molar-refractivity contribution in [2.75, 3.05) is 25.6 Å². The Morgan fingerprint density at radius 2 is 2.17 bits per heavy atom. The van der Waals surface area contributed by atoms with E-state index >= 15 is 0 Å². The first-order valence-corrected chi connectivity index (χ1v) is 7.59. The van der Waals surface area contributed by atoms with Crippen molar-refractivity contribution in [3.63, 3.8) is 0 Å². The molecular weight excluding hydrogens is 310 g/mol. The summed E-state index contributed by atoms with van der Waals surface area (Å²) < 4.78 is 10.0. The molecule has 1 atom stereocenters. The van der Waals surface area contributed by atoms with E-state index in [-0.39, 0.29) is 11.7 Å². The van der Waals surface area contributed by atoms with E-state index in [2.05, 4.69) is 15.4 Å². The summed E-state index contributed by atoms with van der Waals surface area (Å²) in [5.41, 5.74) is 1.02. The molecule has 1 saturated heterocycles. The van der Waals surface area contributed by atoms with Crippen LogP contribution in [0, 0.1) is 11.3 Å². The van der Waals surface area contributed by atoms with Gasteiger partial charge in [0.15, 0.2) is 0 Å². The Balaban J connectivity index is 1.91. The summed E-state index contributed by atoms with van der Waals surface area (Å²) in [6.07, 6.45) is 3.26. The van der Waals surface area contributed by atoms with Gasteiger partial charge in [-0.25, -0.2) is 4.79 Å². The second kappa shape index (κ2) is 8.70. The number of anilines is 1. The predicted octanol–water partition coefficient (Wildman–Crippen LogP) is 1.59. The highest BCUT2D eigenvalue weighted by atomic mass is 16.5. The maximum atomic E-state index is 12.0. The summed E-state index contributed by atoms with van der Waals surface area (Å²) in [7, 11) is 1.31. The molecule has 2 N–H and O–H groups in total. The van der Waals surface area contributed by atoms with Crippen LogP contribution in [0.2, 0.25) is 0 Å². The maximum absolute atomic E-state index is 12.0. The fraction of sp³-hybridized carbons (Fsp3) is 0.353. The highest BCUT2D eigenvalue weighted by Crippen LogP contribution is 2.12. The normalized spacial score (nSPS) is 17.0. The highest BCUT2D eigenvalue weighted by molar-refractivity contribution is 5.97. The molecule has 0 spiro atoms. The van der Waals surface area contributed by atoms with E-state index in [1.807, 2.05) is 6.07 Å². The van der Waals surface area contributed by atoms with Crippen LogP contribution in [-0.4, -0.2) is 38.2 Å². The van der Waals surface area contributed by atoms with Gasteiger partial charge in [0, 0.05) is 25.0 Å². The topological polar surface area (TPSA) is 100 Å². The van der Waals surface area contributed by atoms with Crippen molar-refractivity contribution < 1.29 is 19.1 Å². The Hall–Kier alpha value is -2.85. The summed E-state index contributed by atoms with van der Waals surface area (Å²) in [6, 6.07) is 8.35. The second-order valence-corrected chi connectivity index (χ2v) is 5.23. The van der Waals surface area contributed by atoms with Crippen LogP contribution in [0.15, 0.2) is 36.0 Å². The summed E-state index contributed by atoms with van der Waals surface area (Å²) in [5, 5.41) is 14.7. The first kappa shape index (κ1) is 17.5. The molecule has 1 aliphatic rings. The van der Waals surface area contributed by atoms with Crippen molar-refractivity contribution in [1.29, 1.82) is 5.26 Å². The maximum Gasteiger partial charge on any atom is 0.337 e. The van der Waals surface area contributed by atoms with Gasteiger partial charge in [0.05, 0.1) is 18.8 Å². The van der Waals surface area contributed by atoms with Crippen molar-refractivity contribution in [3.8, 4) is 6.07 Å². The van der Waals surface area contributed by atoms with Crippen LogP contribution in [0.3, 0.4) is 0 Å². The summed E-state index contributed by atoms with van der Waals surface area (Å²) in [4.78, 5) is 23.3. The lowest BCUT2D eigenvalue weighted by Gasteiger charge is -2.10. The van der Waals surface area contributed by atoms with Crippen molar-refractivity contribution in [2.45, 2.75) is 18.9 Å². The Labute approximate surface area is 140 Å². The minimum Gasteiger partial charge on any atom is -0.465 e. The van der Waals surface area contributed by atoms with Gasteiger partial charge in [-0.15, -0.1) is 0 Å². The number of hydrogen-bond acceptors (Lipinski definition) is 6. The number of nitrogens with zero attached hydrogens (tertiary/aromatic N) is 1. The molecule has 1 fully saturated rings. The average molecular weight is 329 g/mol. The Morgan fingerprint density at radius 1 is 1.42 bits per heavy atom. The van der Waals surface area contributed by atoms with Gasteiger partial charge in [-0.3, -0.25) is 4.79 Å². The molecule has 0 aromatic heterocycles. The van der Waals surface area contributed by atoms with Gasteiger partial charge in [-0.1, -0.05) is 0 Å². The molecule has 0 bridgehead atoms. The number of carbonyl (C=O) groups excluding carboxylic acids is 2. The van der Waals surface area contributed by atoms with Crippen LogP contribution in [0.1, 0.15) is 23.2 Å². The Kier molecular flexibility index (Phi) is 6.34. The highest BCUT2D eigenvalue weighted by Gasteiger charge is 2.17. The van der Waals surface area contributed by atoms with Gasteiger partial charge in [0.25, 0.3) is 5.91 Å². The molecule has 0 radical (unpaired) electrons. The van der Waals surface area contributed by atoms with Gasteiger partial charge in [-0.2, -0.15) is 5.26 Å². The number of amides is 1. The molecule has 2 rings (SSSR count). The lowest BCUT2D eigenvalue weighted by atomic mass is 10.2. The molecule has 7 nitrogen and oxygen atoms in total. The molecule has 126 valence electrons. The monoisotopic (exact) mass is 329 g/mol. The van der Waals surface area contributed by atoms with E-state index in [1.54, 1.807) is 24.3 Å². The predicted molar refractivity (Wildman–Crippen MR) is 87.1 cm³/mol. The van der Waals surface area contributed by atoms with Crippen LogP contribution in [0.5, 0.6) is 0 Å². The van der Waals surface area contributed by atoms with E-state index in [1.165, 1.54) is 13.3 Å². The standard InChI is InChI=1S/C17H19N3O4/c1-23-17(22)12-4-6-14(7-5-12)19-10-13(9-18)16(21)20-11-15-3-2-8-24-15/h4-7,10,15,19H,2-3,8,11H2,1H3,(H,20,21)/b13-10-. The number of rotatable bonds is 6. The molecule has 0 saturated carbocycles. The number of nitrogens with one attached hydrogen (secondary N) is 2. The van der Waals surface area contributed by atoms with Crippen LogP contribution < -0.4 is 10.6 Å². The third-order valence-corrected chi connectivity index (χ3v) is 3.57. The summed E-state index contributed by atoms with van der Waals surface area (Å²) in [5.74, 6) is -0.880. The third-order valence-electron chi connectivity index (χ3n) is 3.57. The molecule has 1 aromatic carbocycles. The molecule has 0 aliphatic carbocycles. The van der Waals surface area contributed by atoms with E-state index in [0.717, 1.165) is 12.8 Å². The van der Waals surface area contributed by atoms with Crippen LogP contribution in [-0.2, 0) is 14.3 Å². The summed E-state index contributed by atoms with van der Waals surface area (Å²) >= 11 is 0. The van der Waals surface area contributed by atoms with E-state index in [4.69, 9.17) is 10.00 Å². The number of ether oxygens (including phenoxy) is 2. The van der Waals surface area contributed by atoms with Crippen molar-refractivity contribution in [1.82, 2.24) is 5.32 Å². The number of hydrogen-bond donors (Lipinski definition) is 2. The van der Waals surface area contributed by atoms with Crippen LogP contribution >= 0.6 is 0 Å². The zero-order valence-electron chi connectivity index (χ0n) is 13.4. The second-order valence-electron chi connectivity index (χ2n) is 5.23. The van der Waals surface area contributed by atoms with E-state index in [0.29, 0.717) is 24.4 Å². The molecular formula is C17H19N3O4. The van der Waals surface area contributed by atoms with E-state index < -0.39 is 11.9 Å². The van der Waals surface area contributed by atoms with Gasteiger partial charge >= 0.3 is 5.97 Å². The first-order chi connectivity index (χ1) is 11.6. The quantitative estimate of drug-likeness (QED) is 0.467. The number of esters is 1. The Bertz CT molecular complexity index is 655. The fourth-order valence-electron chi connectivity index (χ4n) is 2.23. The number of carbonyl (C=O) groups is 2. The largest absolute Gasteiger partial charge is 0.465 e. The van der Waals surface area contributed by atoms with Gasteiger partial charge in [-0.05, 0) is 37.1 Å². The molecule has 24 heavy (non-hydrogen) atoms. The molecule has 1 aliphatic heterocycles. The van der Waals surface area contributed by atoms with Crippen molar-refractivity contribution in [3.05, 3.63) is 41.6 Å². The fourth-order valence-corrected chi connectivity index (χ4v) is 2.23. The number of nitriles is 1. The summed E-state index contributed by atoms with van der Waals surface area (Å²) in [6.45, 7) is 1.11. The molecule has 1 aromatic rings. The molecule has 1 heterocycles. The zero-order valence-corrected chi connectivity index (χ0v) is 13.4. The molecule has 7 heteroatoms. The smallest absolute Gasteiger partial charge is 0.337 e. The minimum absolute atomic E-state index is 0.0210. The van der Waals surface area contributed by atoms with E-state index in [9.17, 15) is 9.59 Å². The average Bonchev–Trinajstić information content (AvgIpc) is 3.14. The molecule has 1 unspecified atom stereocenters. The van der Waals surface area contributed by atoms with Crippen molar-refractivity contribution >= 4 is 17.6 Å². The van der Waals surface area contributed by atoms with Gasteiger partial charge in [0.1, 0.15) is 11.6 Å². The lowest BCUT2D eigenvalue weighted by Crippen LogP contribution is -2.32.